The lowest BCUT2D eigenvalue weighted by Gasteiger charge is -2.26. The largest absolute Gasteiger partial charge is 0.467 e. The molecule has 0 aliphatic carbocycles. The van der Waals surface area contributed by atoms with Crippen LogP contribution in [0.2, 0.25) is 0 Å². The minimum atomic E-state index is -0.236. The van der Waals surface area contributed by atoms with Gasteiger partial charge in [0, 0.05) is 38.6 Å². The first kappa shape index (κ1) is 16.1. The normalized spacial score (nSPS) is 24.4. The van der Waals surface area contributed by atoms with Gasteiger partial charge in [-0.05, 0) is 25.5 Å². The highest BCUT2D eigenvalue weighted by molar-refractivity contribution is 5.89. The zero-order valence-electron chi connectivity index (χ0n) is 13.6. The Bertz CT molecular complexity index is 537. The van der Waals surface area contributed by atoms with E-state index in [-0.39, 0.29) is 17.7 Å². The monoisotopic (exact) mass is 320 g/mol. The maximum Gasteiger partial charge on any atom is 0.227 e. The molecule has 2 saturated heterocycles. The van der Waals surface area contributed by atoms with E-state index in [2.05, 4.69) is 0 Å². The molecule has 1 aromatic heterocycles. The molecule has 3 heterocycles. The summed E-state index contributed by atoms with van der Waals surface area (Å²) in [4.78, 5) is 28.5. The third-order valence-corrected chi connectivity index (χ3v) is 4.69. The Kier molecular flexibility index (Phi) is 5.00. The van der Waals surface area contributed by atoms with Gasteiger partial charge in [0.05, 0.1) is 25.3 Å². The minimum Gasteiger partial charge on any atom is -0.467 e. The number of likely N-dealkylation sites (tertiary alicyclic amines) is 1. The summed E-state index contributed by atoms with van der Waals surface area (Å²) >= 11 is 0. The van der Waals surface area contributed by atoms with Crippen molar-refractivity contribution in [2.45, 2.75) is 26.3 Å². The topological polar surface area (TPSA) is 63.0 Å². The number of nitrogens with zero attached hydrogens (tertiary/aromatic N) is 2. The molecule has 0 saturated carbocycles. The minimum absolute atomic E-state index is 0.0278. The second-order valence-electron chi connectivity index (χ2n) is 6.36. The second kappa shape index (κ2) is 7.17. The van der Waals surface area contributed by atoms with Gasteiger partial charge in [-0.2, -0.15) is 0 Å². The standard InChI is InChI=1S/C17H24N2O4/c1-2-18(9-13-5-7-22-12-13)17(21)14-8-16(20)19(10-14)11-15-4-3-6-23-15/h3-4,6,13-14H,2,5,7-12H2,1H3/t13-,14-/m0/s1. The van der Waals surface area contributed by atoms with Crippen LogP contribution in [0.15, 0.2) is 22.8 Å². The van der Waals surface area contributed by atoms with E-state index in [1.807, 2.05) is 17.9 Å². The van der Waals surface area contributed by atoms with Crippen LogP contribution in [0.1, 0.15) is 25.5 Å². The summed E-state index contributed by atoms with van der Waals surface area (Å²) in [6.07, 6.45) is 2.91. The number of amides is 2. The van der Waals surface area contributed by atoms with Crippen molar-refractivity contribution in [3.8, 4) is 0 Å². The van der Waals surface area contributed by atoms with Crippen LogP contribution in [-0.4, -0.2) is 54.5 Å². The fourth-order valence-electron chi connectivity index (χ4n) is 3.35. The number of carbonyl (C=O) groups is 2. The Labute approximate surface area is 136 Å². The van der Waals surface area contributed by atoms with Crippen molar-refractivity contribution in [3.63, 3.8) is 0 Å². The molecule has 3 rings (SSSR count). The molecule has 0 spiro atoms. The molecule has 2 aliphatic heterocycles. The summed E-state index contributed by atoms with van der Waals surface area (Å²) in [6.45, 7) is 5.85. The summed E-state index contributed by atoms with van der Waals surface area (Å²) in [6, 6.07) is 3.65. The van der Waals surface area contributed by atoms with E-state index < -0.39 is 0 Å². The van der Waals surface area contributed by atoms with Gasteiger partial charge in [0.25, 0.3) is 0 Å². The van der Waals surface area contributed by atoms with Crippen LogP contribution >= 0.6 is 0 Å². The van der Waals surface area contributed by atoms with Crippen molar-refractivity contribution in [2.75, 3.05) is 32.8 Å². The summed E-state index contributed by atoms with van der Waals surface area (Å²) in [5.74, 6) is 1.06. The van der Waals surface area contributed by atoms with Gasteiger partial charge in [0.2, 0.25) is 11.8 Å². The molecule has 6 nitrogen and oxygen atoms in total. The Hall–Kier alpha value is -1.82. The summed E-state index contributed by atoms with van der Waals surface area (Å²) in [5.41, 5.74) is 0. The number of hydrogen-bond donors (Lipinski definition) is 0. The summed E-state index contributed by atoms with van der Waals surface area (Å²) in [5, 5.41) is 0. The predicted molar refractivity (Wildman–Crippen MR) is 83.4 cm³/mol. The SMILES string of the molecule is CCN(C[C@@H]1CCOC1)C(=O)[C@H]1CC(=O)N(Cc2ccco2)C1. The smallest absolute Gasteiger partial charge is 0.227 e. The first-order chi connectivity index (χ1) is 11.2. The van der Waals surface area contributed by atoms with E-state index in [0.29, 0.717) is 32.0 Å². The van der Waals surface area contributed by atoms with E-state index in [9.17, 15) is 9.59 Å². The molecule has 2 atom stereocenters. The average molecular weight is 320 g/mol. The highest BCUT2D eigenvalue weighted by atomic mass is 16.5. The molecule has 1 aromatic rings. The van der Waals surface area contributed by atoms with Crippen LogP contribution in [0.5, 0.6) is 0 Å². The van der Waals surface area contributed by atoms with Crippen LogP contribution in [0, 0.1) is 11.8 Å². The van der Waals surface area contributed by atoms with E-state index in [4.69, 9.17) is 9.15 Å². The maximum absolute atomic E-state index is 12.7. The van der Waals surface area contributed by atoms with Gasteiger partial charge in [-0.3, -0.25) is 9.59 Å². The Morgan fingerprint density at radius 1 is 1.48 bits per heavy atom. The molecule has 23 heavy (non-hydrogen) atoms. The van der Waals surface area contributed by atoms with Crippen molar-refractivity contribution >= 4 is 11.8 Å². The molecule has 2 amide bonds. The van der Waals surface area contributed by atoms with Gasteiger partial charge in [-0.25, -0.2) is 0 Å². The molecule has 0 bridgehead atoms. The Balaban J connectivity index is 1.57. The van der Waals surface area contributed by atoms with E-state index in [1.165, 1.54) is 0 Å². The zero-order chi connectivity index (χ0) is 16.2. The summed E-state index contributed by atoms with van der Waals surface area (Å²) in [7, 11) is 0. The quantitative estimate of drug-likeness (QED) is 0.797. The van der Waals surface area contributed by atoms with Crippen molar-refractivity contribution in [1.29, 1.82) is 0 Å². The van der Waals surface area contributed by atoms with Crippen LogP contribution in [-0.2, 0) is 20.9 Å². The lowest BCUT2D eigenvalue weighted by atomic mass is 10.0. The molecule has 0 N–H and O–H groups in total. The lowest BCUT2D eigenvalue weighted by molar-refractivity contribution is -0.136. The maximum atomic E-state index is 12.7. The van der Waals surface area contributed by atoms with Gasteiger partial charge in [-0.15, -0.1) is 0 Å². The van der Waals surface area contributed by atoms with Crippen LogP contribution in [0.3, 0.4) is 0 Å². The van der Waals surface area contributed by atoms with E-state index in [1.54, 1.807) is 17.2 Å². The third-order valence-electron chi connectivity index (χ3n) is 4.69. The molecule has 126 valence electrons. The molecular weight excluding hydrogens is 296 g/mol. The fraction of sp³-hybridized carbons (Fsp3) is 0.647. The highest BCUT2D eigenvalue weighted by Crippen LogP contribution is 2.23. The van der Waals surface area contributed by atoms with Crippen molar-refractivity contribution < 1.29 is 18.7 Å². The van der Waals surface area contributed by atoms with Gasteiger partial charge in [0.15, 0.2) is 0 Å². The summed E-state index contributed by atoms with van der Waals surface area (Å²) < 4.78 is 10.7. The Morgan fingerprint density at radius 2 is 2.35 bits per heavy atom. The first-order valence-corrected chi connectivity index (χ1v) is 8.34. The Morgan fingerprint density at radius 3 is 3.00 bits per heavy atom. The number of carbonyl (C=O) groups excluding carboxylic acids is 2. The second-order valence-corrected chi connectivity index (χ2v) is 6.36. The van der Waals surface area contributed by atoms with Crippen LogP contribution in [0.4, 0.5) is 0 Å². The highest BCUT2D eigenvalue weighted by Gasteiger charge is 2.37. The van der Waals surface area contributed by atoms with Crippen molar-refractivity contribution in [3.05, 3.63) is 24.2 Å². The van der Waals surface area contributed by atoms with E-state index in [0.717, 1.165) is 31.9 Å². The van der Waals surface area contributed by atoms with Gasteiger partial charge in [-0.1, -0.05) is 0 Å². The average Bonchev–Trinajstić information content (AvgIpc) is 3.28. The molecule has 0 unspecified atom stereocenters. The molecule has 0 radical (unpaired) electrons. The van der Waals surface area contributed by atoms with Gasteiger partial charge >= 0.3 is 0 Å². The molecule has 2 aliphatic rings. The number of rotatable bonds is 6. The van der Waals surface area contributed by atoms with E-state index >= 15 is 0 Å². The van der Waals surface area contributed by atoms with Gasteiger partial charge < -0.3 is 19.0 Å². The zero-order valence-corrected chi connectivity index (χ0v) is 13.6. The van der Waals surface area contributed by atoms with Crippen molar-refractivity contribution in [2.24, 2.45) is 11.8 Å². The first-order valence-electron chi connectivity index (χ1n) is 8.34. The molecular formula is C17H24N2O4. The number of furan rings is 1. The van der Waals surface area contributed by atoms with Crippen LogP contribution in [0.25, 0.3) is 0 Å². The van der Waals surface area contributed by atoms with Crippen LogP contribution < -0.4 is 0 Å². The predicted octanol–water partition coefficient (Wildman–Crippen LogP) is 1.51. The lowest BCUT2D eigenvalue weighted by Crippen LogP contribution is -2.40. The number of ether oxygens (including phenoxy) is 1. The molecule has 2 fully saturated rings. The third kappa shape index (κ3) is 3.75. The van der Waals surface area contributed by atoms with Crippen molar-refractivity contribution in [1.82, 2.24) is 9.80 Å². The van der Waals surface area contributed by atoms with Gasteiger partial charge in [0.1, 0.15) is 5.76 Å². The molecule has 6 heteroatoms. The molecule has 0 aromatic carbocycles. The fourth-order valence-corrected chi connectivity index (χ4v) is 3.35. The number of hydrogen-bond acceptors (Lipinski definition) is 4.